The molecule has 2 heteroatoms. The van der Waals surface area contributed by atoms with Crippen LogP contribution in [0.25, 0.3) is 105 Å². The maximum Gasteiger partial charge on any atom is 0.0619 e. The van der Waals surface area contributed by atoms with Gasteiger partial charge in [0.25, 0.3) is 0 Å². The molecule has 1 heterocycles. The van der Waals surface area contributed by atoms with Crippen molar-refractivity contribution in [1.29, 1.82) is 0 Å². The summed E-state index contributed by atoms with van der Waals surface area (Å²) < 4.78 is 2.51. The Balaban J connectivity index is 1.02. The molecule has 0 bridgehead atoms. The lowest BCUT2D eigenvalue weighted by molar-refractivity contribution is 1.19. The summed E-state index contributed by atoms with van der Waals surface area (Å²) in [6.07, 6.45) is 0. The Hall–Kier alpha value is -9.24. The van der Waals surface area contributed by atoms with Crippen LogP contribution in [0.3, 0.4) is 0 Å². The maximum atomic E-state index is 2.51. The van der Waals surface area contributed by atoms with E-state index in [0.717, 1.165) is 56.1 Å². The van der Waals surface area contributed by atoms with Crippen LogP contribution in [0.1, 0.15) is 0 Å². The maximum absolute atomic E-state index is 2.51. The Morgan fingerprint density at radius 1 is 0.257 bits per heavy atom. The zero-order chi connectivity index (χ0) is 46.4. The molecule has 0 radical (unpaired) electrons. The van der Waals surface area contributed by atoms with Gasteiger partial charge < -0.3 is 9.47 Å². The minimum atomic E-state index is 1.06. The van der Waals surface area contributed by atoms with Gasteiger partial charge in [0.2, 0.25) is 0 Å². The van der Waals surface area contributed by atoms with Crippen LogP contribution in [-0.4, -0.2) is 4.57 Å². The SMILES string of the molecule is c1ccc(-c2ccc(-c3ccc(N(c4ccccc4-c4ccccc4)c4ccc(-c5ccc6ccccc6c5)cc4-c4ccccc4)cc3)c(-n3c4ccccc4c4ccc5ccccc5c43)c2)cc1. The summed E-state index contributed by atoms with van der Waals surface area (Å²) in [7, 11) is 0. The number of benzene rings is 12. The minimum Gasteiger partial charge on any atom is -0.309 e. The Kier molecular flexibility index (Phi) is 10.2. The van der Waals surface area contributed by atoms with E-state index in [2.05, 4.69) is 289 Å². The van der Waals surface area contributed by atoms with Gasteiger partial charge in [-0.3, -0.25) is 0 Å². The average Bonchev–Trinajstić information content (AvgIpc) is 3.79. The second-order valence-corrected chi connectivity index (χ2v) is 18.1. The number of aromatic nitrogens is 1. The van der Waals surface area contributed by atoms with E-state index in [4.69, 9.17) is 0 Å². The predicted molar refractivity (Wildman–Crippen MR) is 298 cm³/mol. The van der Waals surface area contributed by atoms with Gasteiger partial charge in [0.05, 0.1) is 28.1 Å². The fraction of sp³-hybridized carbons (Fsp3) is 0. The Labute approximate surface area is 408 Å². The molecule has 0 aliphatic rings. The van der Waals surface area contributed by atoms with Crippen LogP contribution in [-0.2, 0) is 0 Å². The third kappa shape index (κ3) is 7.22. The predicted octanol–water partition coefficient (Wildman–Crippen LogP) is 18.9. The lowest BCUT2D eigenvalue weighted by atomic mass is 9.94. The molecule has 12 aromatic carbocycles. The molecule has 0 spiro atoms. The number of anilines is 3. The molecule has 0 aliphatic heterocycles. The molecule has 0 unspecified atom stereocenters. The van der Waals surface area contributed by atoms with Gasteiger partial charge in [-0.2, -0.15) is 0 Å². The Morgan fingerprint density at radius 2 is 0.771 bits per heavy atom. The molecule has 0 saturated carbocycles. The fourth-order valence-electron chi connectivity index (χ4n) is 10.6. The second kappa shape index (κ2) is 17.4. The van der Waals surface area contributed by atoms with Crippen LogP contribution in [0, 0.1) is 0 Å². The van der Waals surface area contributed by atoms with Gasteiger partial charge >= 0.3 is 0 Å². The van der Waals surface area contributed by atoms with Gasteiger partial charge in [0.1, 0.15) is 0 Å². The van der Waals surface area contributed by atoms with Crippen molar-refractivity contribution in [3.63, 3.8) is 0 Å². The molecule has 0 aliphatic carbocycles. The van der Waals surface area contributed by atoms with Crippen LogP contribution in [0.5, 0.6) is 0 Å². The Morgan fingerprint density at radius 3 is 1.54 bits per heavy atom. The molecular weight excluding hydrogens is 845 g/mol. The monoisotopic (exact) mass is 890 g/mol. The summed E-state index contributed by atoms with van der Waals surface area (Å²) in [5, 5.41) is 7.41. The first-order valence-corrected chi connectivity index (χ1v) is 24.1. The number of hydrogen-bond donors (Lipinski definition) is 0. The van der Waals surface area contributed by atoms with E-state index in [-0.39, 0.29) is 0 Å². The van der Waals surface area contributed by atoms with Crippen molar-refractivity contribution >= 4 is 60.4 Å². The largest absolute Gasteiger partial charge is 0.309 e. The van der Waals surface area contributed by atoms with Crippen LogP contribution in [0.2, 0.25) is 0 Å². The fourth-order valence-corrected chi connectivity index (χ4v) is 10.6. The minimum absolute atomic E-state index is 1.06. The van der Waals surface area contributed by atoms with Crippen molar-refractivity contribution in [2.75, 3.05) is 4.90 Å². The molecular formula is C68H46N2. The smallest absolute Gasteiger partial charge is 0.0619 e. The number of hydrogen-bond acceptors (Lipinski definition) is 1. The summed E-state index contributed by atoms with van der Waals surface area (Å²) >= 11 is 0. The summed E-state index contributed by atoms with van der Waals surface area (Å²) in [5.74, 6) is 0. The van der Waals surface area contributed by atoms with E-state index in [0.29, 0.717) is 0 Å². The molecule has 13 aromatic rings. The van der Waals surface area contributed by atoms with E-state index < -0.39 is 0 Å². The molecule has 13 rings (SSSR count). The molecule has 0 fully saturated rings. The summed E-state index contributed by atoms with van der Waals surface area (Å²) in [4.78, 5) is 2.46. The highest BCUT2D eigenvalue weighted by Gasteiger charge is 2.23. The number of para-hydroxylation sites is 2. The third-order valence-electron chi connectivity index (χ3n) is 14.0. The van der Waals surface area contributed by atoms with Gasteiger partial charge in [0.15, 0.2) is 0 Å². The van der Waals surface area contributed by atoms with Crippen LogP contribution in [0.4, 0.5) is 17.1 Å². The van der Waals surface area contributed by atoms with E-state index in [1.165, 1.54) is 65.6 Å². The first kappa shape index (κ1) is 41.0. The van der Waals surface area contributed by atoms with Gasteiger partial charge in [-0.05, 0) is 104 Å². The zero-order valence-corrected chi connectivity index (χ0v) is 38.5. The quantitative estimate of drug-likeness (QED) is 0.140. The number of nitrogens with zero attached hydrogens (tertiary/aromatic N) is 2. The van der Waals surface area contributed by atoms with Gasteiger partial charge in [-0.1, -0.05) is 231 Å². The normalized spacial score (nSPS) is 11.4. The lowest BCUT2D eigenvalue weighted by Crippen LogP contribution is -2.12. The molecule has 70 heavy (non-hydrogen) atoms. The topological polar surface area (TPSA) is 8.17 Å². The average molecular weight is 891 g/mol. The van der Waals surface area contributed by atoms with E-state index >= 15 is 0 Å². The number of rotatable bonds is 9. The van der Waals surface area contributed by atoms with E-state index in [9.17, 15) is 0 Å². The highest BCUT2D eigenvalue weighted by atomic mass is 15.1. The Bertz CT molecular complexity index is 4040. The summed E-state index contributed by atoms with van der Waals surface area (Å²) in [6, 6.07) is 102. The molecule has 328 valence electrons. The van der Waals surface area contributed by atoms with Crippen molar-refractivity contribution in [2.45, 2.75) is 0 Å². The molecule has 0 saturated heterocycles. The van der Waals surface area contributed by atoms with Gasteiger partial charge in [-0.15, -0.1) is 0 Å². The second-order valence-electron chi connectivity index (χ2n) is 18.1. The van der Waals surface area contributed by atoms with Crippen molar-refractivity contribution < 1.29 is 0 Å². The zero-order valence-electron chi connectivity index (χ0n) is 38.5. The van der Waals surface area contributed by atoms with Crippen LogP contribution >= 0.6 is 0 Å². The summed E-state index contributed by atoms with van der Waals surface area (Å²) in [5.41, 5.74) is 18.4. The number of fused-ring (bicyclic) bond motifs is 6. The molecule has 0 amide bonds. The standard InChI is InChI=1S/C68H46N2/c1-4-18-47(19-5-1)56-37-41-59(67(46-56)70-65-31-17-15-29-61(65)62-42-36-51-25-12-13-28-60(51)68(62)70)52-34-39-57(40-35-52)69(64-30-16-14-27-58(64)49-21-6-2-7-22-49)66-43-38-55(45-63(66)50-23-8-3-9-24-50)54-33-32-48-20-10-11-26-53(48)44-54/h1-46H. The first-order valence-electron chi connectivity index (χ1n) is 24.1. The van der Waals surface area contributed by atoms with Gasteiger partial charge in [-0.25, -0.2) is 0 Å². The molecule has 2 nitrogen and oxygen atoms in total. The summed E-state index contributed by atoms with van der Waals surface area (Å²) in [6.45, 7) is 0. The van der Waals surface area contributed by atoms with Crippen LogP contribution < -0.4 is 4.90 Å². The van der Waals surface area contributed by atoms with Crippen molar-refractivity contribution in [3.05, 3.63) is 279 Å². The highest BCUT2D eigenvalue weighted by Crippen LogP contribution is 2.47. The highest BCUT2D eigenvalue weighted by molar-refractivity contribution is 6.19. The first-order chi connectivity index (χ1) is 34.7. The molecule has 1 aromatic heterocycles. The van der Waals surface area contributed by atoms with Crippen molar-refractivity contribution in [2.24, 2.45) is 0 Å². The molecule has 0 atom stereocenters. The van der Waals surface area contributed by atoms with Crippen molar-refractivity contribution in [3.8, 4) is 61.3 Å². The van der Waals surface area contributed by atoms with Crippen molar-refractivity contribution in [1.82, 2.24) is 4.57 Å². The van der Waals surface area contributed by atoms with Gasteiger partial charge in [0, 0.05) is 38.5 Å². The molecule has 0 N–H and O–H groups in total. The van der Waals surface area contributed by atoms with Crippen LogP contribution in [0.15, 0.2) is 279 Å². The third-order valence-corrected chi connectivity index (χ3v) is 14.0. The lowest BCUT2D eigenvalue weighted by Gasteiger charge is -2.30. The van der Waals surface area contributed by atoms with E-state index in [1.807, 2.05) is 0 Å². The van der Waals surface area contributed by atoms with E-state index in [1.54, 1.807) is 0 Å².